The van der Waals surface area contributed by atoms with Crippen LogP contribution in [0.2, 0.25) is 0 Å². The molecular formula is C46H60N14O8. The molecule has 7 atom stereocenters. The van der Waals surface area contributed by atoms with Crippen molar-refractivity contribution in [3.8, 4) is 0 Å². The standard InChI is InChI=1S/C46H60N14O8/c1-26-10-9-17-60(26)45(68)37-21-39(62)52-24-38(54-27(2)61)44(67)58-36(20-30-23-49-25-53-30)43(66)56-34(18-28-11-4-3-5-12-28)41(64)55-33(15-8-16-50-46(47)48)40(63)57-35(42(65)59-37)19-29-22-51-32-14-7-6-13-31(29)32/h3-7,11-14,22-23,25-26,33-38,51H,8-10,15-21,24H2,1-2H3,(H,49,53)(H,52,62)(H,54,61)(H,55,64)(H,56,66)(H,57,63)(H,58,67)(H,59,65)(H4,47,48,50)/t26-,33+,34-,35+,36+,37+,38+/m1/s1. The molecule has 6 rings (SSSR count). The Hall–Kier alpha value is -7.78. The van der Waals surface area contributed by atoms with Crippen LogP contribution in [0.15, 0.2) is 73.3 Å². The molecule has 2 saturated heterocycles. The van der Waals surface area contributed by atoms with Crippen LogP contribution in [0.3, 0.4) is 0 Å². The molecule has 2 fully saturated rings. The number of aromatic nitrogens is 3. The minimum Gasteiger partial charge on any atom is -0.370 e. The Morgan fingerprint density at radius 2 is 1.46 bits per heavy atom. The van der Waals surface area contributed by atoms with Crippen LogP contribution in [0.25, 0.3) is 10.9 Å². The van der Waals surface area contributed by atoms with Crippen LogP contribution in [0.4, 0.5) is 0 Å². The van der Waals surface area contributed by atoms with Crippen molar-refractivity contribution in [2.24, 2.45) is 5.73 Å². The van der Waals surface area contributed by atoms with Gasteiger partial charge in [0.1, 0.15) is 36.3 Å². The van der Waals surface area contributed by atoms with Crippen LogP contribution in [0.1, 0.15) is 62.8 Å². The second-order valence-electron chi connectivity index (χ2n) is 17.1. The Kier molecular flexibility index (Phi) is 17.2. The number of nitrogens with one attached hydrogen (secondary N) is 11. The first-order valence-corrected chi connectivity index (χ1v) is 22.7. The number of rotatable bonds is 12. The van der Waals surface area contributed by atoms with Gasteiger partial charge in [0.2, 0.25) is 47.3 Å². The zero-order chi connectivity index (χ0) is 48.7. The summed E-state index contributed by atoms with van der Waals surface area (Å²) < 4.78 is 0. The molecule has 0 saturated carbocycles. The van der Waals surface area contributed by atoms with E-state index in [-0.39, 0.29) is 50.7 Å². The highest BCUT2D eigenvalue weighted by atomic mass is 16.2. The number of carbonyl (C=O) groups is 8. The summed E-state index contributed by atoms with van der Waals surface area (Å²) >= 11 is 0. The average molecular weight is 937 g/mol. The number of guanidine groups is 1. The largest absolute Gasteiger partial charge is 0.370 e. The number of nitrogens with zero attached hydrogens (tertiary/aromatic N) is 2. The third-order valence-electron chi connectivity index (χ3n) is 11.9. The molecule has 68 heavy (non-hydrogen) atoms. The summed E-state index contributed by atoms with van der Waals surface area (Å²) in [5.41, 5.74) is 7.95. The fraction of sp³-hybridized carbons (Fsp3) is 0.435. The van der Waals surface area contributed by atoms with Crippen LogP contribution in [-0.4, -0.2) is 135 Å². The number of imidazole rings is 1. The number of hydrogen-bond acceptors (Lipinski definition) is 10. The smallest absolute Gasteiger partial charge is 0.245 e. The number of H-pyrrole nitrogens is 2. The molecule has 22 heteroatoms. The highest BCUT2D eigenvalue weighted by molar-refractivity contribution is 5.99. The van der Waals surface area contributed by atoms with E-state index in [1.54, 1.807) is 41.4 Å². The number of carbonyl (C=O) groups excluding carboxylic acids is 8. The monoisotopic (exact) mass is 936 g/mol. The molecule has 4 heterocycles. The lowest BCUT2D eigenvalue weighted by Crippen LogP contribution is -2.61. The van der Waals surface area contributed by atoms with Gasteiger partial charge in [-0.3, -0.25) is 43.8 Å². The fourth-order valence-corrected chi connectivity index (χ4v) is 8.36. The Bertz CT molecular complexity index is 2440. The van der Waals surface area contributed by atoms with Crippen molar-refractivity contribution in [3.63, 3.8) is 0 Å². The van der Waals surface area contributed by atoms with Gasteiger partial charge in [0, 0.05) is 75.2 Å². The number of hydrogen-bond donors (Lipinski definition) is 12. The molecule has 2 aliphatic heterocycles. The van der Waals surface area contributed by atoms with Crippen molar-refractivity contribution in [1.29, 1.82) is 5.41 Å². The van der Waals surface area contributed by atoms with Gasteiger partial charge < -0.3 is 63.1 Å². The second kappa shape index (κ2) is 23.6. The predicted molar refractivity (Wildman–Crippen MR) is 249 cm³/mol. The number of amides is 8. The van der Waals surface area contributed by atoms with Gasteiger partial charge in [-0.2, -0.15) is 0 Å². The lowest BCUT2D eigenvalue weighted by molar-refractivity contribution is -0.140. The quantitative estimate of drug-likeness (QED) is 0.0447. The molecule has 362 valence electrons. The second-order valence-corrected chi connectivity index (χ2v) is 17.1. The molecule has 0 aliphatic carbocycles. The Labute approximate surface area is 392 Å². The first kappa shape index (κ1) is 49.6. The molecule has 2 aromatic carbocycles. The van der Waals surface area contributed by atoms with Crippen molar-refractivity contribution in [3.05, 3.63) is 90.1 Å². The number of likely N-dealkylation sites (tertiary alicyclic amines) is 1. The average Bonchev–Trinajstić information content (AvgIpc) is 4.09. The molecule has 2 aromatic heterocycles. The third kappa shape index (κ3) is 13.9. The summed E-state index contributed by atoms with van der Waals surface area (Å²) in [6, 6.07) is 7.67. The van der Waals surface area contributed by atoms with E-state index in [0.717, 1.165) is 10.9 Å². The van der Waals surface area contributed by atoms with Crippen molar-refractivity contribution in [1.82, 2.24) is 62.4 Å². The molecule has 2 aliphatic rings. The number of fused-ring (bicyclic) bond motifs is 1. The zero-order valence-electron chi connectivity index (χ0n) is 38.0. The maximum atomic E-state index is 14.6. The molecular weight excluding hydrogens is 877 g/mol. The molecule has 4 aromatic rings. The molecule has 0 radical (unpaired) electrons. The van der Waals surface area contributed by atoms with Gasteiger partial charge in [-0.05, 0) is 49.8 Å². The molecule has 13 N–H and O–H groups in total. The summed E-state index contributed by atoms with van der Waals surface area (Å²) in [5.74, 6) is -6.24. The van der Waals surface area contributed by atoms with Gasteiger partial charge in [0.25, 0.3) is 0 Å². The normalized spacial score (nSPS) is 23.6. The molecule has 0 bridgehead atoms. The zero-order valence-corrected chi connectivity index (χ0v) is 38.0. The predicted octanol–water partition coefficient (Wildman–Crippen LogP) is -1.36. The van der Waals surface area contributed by atoms with Gasteiger partial charge >= 0.3 is 0 Å². The molecule has 8 amide bonds. The highest BCUT2D eigenvalue weighted by Gasteiger charge is 2.37. The van der Waals surface area contributed by atoms with Gasteiger partial charge in [-0.15, -0.1) is 0 Å². The summed E-state index contributed by atoms with van der Waals surface area (Å²) in [4.78, 5) is 124. The highest BCUT2D eigenvalue weighted by Crippen LogP contribution is 2.21. The van der Waals surface area contributed by atoms with E-state index in [2.05, 4.69) is 57.5 Å². The molecule has 0 unspecified atom stereocenters. The maximum Gasteiger partial charge on any atom is 0.245 e. The van der Waals surface area contributed by atoms with Crippen molar-refractivity contribution in [2.45, 2.75) is 108 Å². The number of para-hydroxylation sites is 1. The van der Waals surface area contributed by atoms with Crippen LogP contribution in [-0.2, 0) is 57.6 Å². The van der Waals surface area contributed by atoms with Crippen molar-refractivity contribution < 1.29 is 38.4 Å². The SMILES string of the molecule is CC(=O)N[C@H]1CNC(=O)C[C@@H](C(=O)N2CCC[C@H]2C)NC(=O)[C@H](Cc2c[nH]c3ccccc23)NC(=O)[C@H](CCCNC(=N)N)NC(=O)[C@@H](Cc2ccccc2)NC(=O)[C@H](Cc2c[nH]cn2)NC1=O. The van der Waals surface area contributed by atoms with Crippen molar-refractivity contribution >= 4 is 64.1 Å². The summed E-state index contributed by atoms with van der Waals surface area (Å²) in [7, 11) is 0. The summed E-state index contributed by atoms with van der Waals surface area (Å²) in [6.07, 6.45) is 5.31. The number of benzene rings is 2. The third-order valence-corrected chi connectivity index (χ3v) is 11.9. The summed E-state index contributed by atoms with van der Waals surface area (Å²) in [6.45, 7) is 3.09. The number of nitrogens with two attached hydrogens (primary N) is 1. The van der Waals surface area contributed by atoms with E-state index in [1.807, 2.05) is 31.2 Å². The van der Waals surface area contributed by atoms with E-state index >= 15 is 0 Å². The van der Waals surface area contributed by atoms with E-state index in [4.69, 9.17) is 11.1 Å². The molecule has 0 spiro atoms. The van der Waals surface area contributed by atoms with E-state index < -0.39 is 96.5 Å². The van der Waals surface area contributed by atoms with Gasteiger partial charge in [-0.25, -0.2) is 4.98 Å². The van der Waals surface area contributed by atoms with Crippen molar-refractivity contribution in [2.75, 3.05) is 19.6 Å². The topological polar surface area (TPSA) is 330 Å². The van der Waals surface area contributed by atoms with E-state index in [0.29, 0.717) is 36.2 Å². The minimum atomic E-state index is -1.43. The fourth-order valence-electron chi connectivity index (χ4n) is 8.36. The van der Waals surface area contributed by atoms with Gasteiger partial charge in [0.05, 0.1) is 18.4 Å². The van der Waals surface area contributed by atoms with Crippen LogP contribution in [0, 0.1) is 5.41 Å². The Morgan fingerprint density at radius 1 is 0.809 bits per heavy atom. The lowest BCUT2D eigenvalue weighted by atomic mass is 10.0. The Morgan fingerprint density at radius 3 is 2.13 bits per heavy atom. The minimum absolute atomic E-state index is 0.0260. The molecule has 22 nitrogen and oxygen atoms in total. The lowest BCUT2D eigenvalue weighted by Gasteiger charge is -2.30. The Balaban J connectivity index is 1.41. The first-order valence-electron chi connectivity index (χ1n) is 22.7. The van der Waals surface area contributed by atoms with Gasteiger partial charge in [0.15, 0.2) is 5.96 Å². The van der Waals surface area contributed by atoms with Crippen LogP contribution in [0.5, 0.6) is 0 Å². The van der Waals surface area contributed by atoms with E-state index in [9.17, 15) is 38.4 Å². The van der Waals surface area contributed by atoms with Crippen LogP contribution >= 0.6 is 0 Å². The maximum absolute atomic E-state index is 14.6. The summed E-state index contributed by atoms with van der Waals surface area (Å²) in [5, 5.41) is 29.9. The van der Waals surface area contributed by atoms with Gasteiger partial charge in [-0.1, -0.05) is 48.5 Å². The van der Waals surface area contributed by atoms with E-state index in [1.165, 1.54) is 19.4 Å². The first-order chi connectivity index (χ1) is 32.6. The van der Waals surface area contributed by atoms with Crippen LogP contribution < -0.4 is 48.3 Å². The number of aromatic amines is 2.